The van der Waals surface area contributed by atoms with E-state index in [0.29, 0.717) is 24.7 Å². The highest BCUT2D eigenvalue weighted by molar-refractivity contribution is 7.93. The lowest BCUT2D eigenvalue weighted by molar-refractivity contribution is 0.287. The molecule has 33 heavy (non-hydrogen) atoms. The van der Waals surface area contributed by atoms with Gasteiger partial charge in [-0.15, -0.1) is 0 Å². The van der Waals surface area contributed by atoms with Crippen molar-refractivity contribution in [3.05, 3.63) is 72.5 Å². The van der Waals surface area contributed by atoms with E-state index in [-0.39, 0.29) is 21.2 Å². The zero-order valence-electron chi connectivity index (χ0n) is 17.9. The number of hydrogen-bond acceptors (Lipinski definition) is 6. The molecule has 0 spiro atoms. The summed E-state index contributed by atoms with van der Waals surface area (Å²) in [7, 11) is -7.91. The van der Waals surface area contributed by atoms with E-state index in [2.05, 4.69) is 9.44 Å². The Balaban J connectivity index is 1.78. The largest absolute Gasteiger partial charge is 0.490 e. The second kappa shape index (κ2) is 10.1. The van der Waals surface area contributed by atoms with Crippen molar-refractivity contribution in [2.75, 3.05) is 22.7 Å². The third-order valence-electron chi connectivity index (χ3n) is 4.34. The van der Waals surface area contributed by atoms with Crippen LogP contribution in [0.4, 0.5) is 15.8 Å². The zero-order valence-corrected chi connectivity index (χ0v) is 19.5. The molecule has 0 unspecified atom stereocenters. The zero-order chi connectivity index (χ0) is 24.1. The standard InChI is InChI=1S/C22H23FN2O6S2/c1-3-30-21-14-13-20(15-22(21)31-4-2)33(28,29)25-18-9-11-19(12-10-18)32(26,27)24-17-7-5-16(23)6-8-17/h5-15,24-25H,3-4H2,1-2H3. The summed E-state index contributed by atoms with van der Waals surface area (Å²) in [6, 6.07) is 14.3. The number of anilines is 2. The van der Waals surface area contributed by atoms with Gasteiger partial charge in [-0.1, -0.05) is 0 Å². The lowest BCUT2D eigenvalue weighted by Crippen LogP contribution is -2.15. The number of benzene rings is 3. The van der Waals surface area contributed by atoms with Gasteiger partial charge in [-0.2, -0.15) is 0 Å². The molecule has 0 aliphatic rings. The second-order valence-electron chi connectivity index (χ2n) is 6.72. The maximum Gasteiger partial charge on any atom is 0.262 e. The van der Waals surface area contributed by atoms with Gasteiger partial charge < -0.3 is 9.47 Å². The third kappa shape index (κ3) is 6.14. The first-order valence-corrected chi connectivity index (χ1v) is 12.9. The Morgan fingerprint density at radius 3 is 1.67 bits per heavy atom. The number of nitrogens with one attached hydrogen (secondary N) is 2. The molecule has 8 nitrogen and oxygen atoms in total. The molecule has 2 N–H and O–H groups in total. The fourth-order valence-electron chi connectivity index (χ4n) is 2.85. The van der Waals surface area contributed by atoms with Crippen molar-refractivity contribution in [2.45, 2.75) is 23.6 Å². The number of ether oxygens (including phenoxy) is 2. The van der Waals surface area contributed by atoms with Crippen molar-refractivity contribution < 1.29 is 30.7 Å². The average Bonchev–Trinajstić information content (AvgIpc) is 2.77. The van der Waals surface area contributed by atoms with Crippen molar-refractivity contribution in [1.82, 2.24) is 0 Å². The van der Waals surface area contributed by atoms with Crippen LogP contribution in [0.5, 0.6) is 11.5 Å². The summed E-state index contributed by atoms with van der Waals surface area (Å²) < 4.78 is 79.3. The minimum Gasteiger partial charge on any atom is -0.490 e. The van der Waals surface area contributed by atoms with Gasteiger partial charge in [-0.3, -0.25) is 9.44 Å². The number of sulfonamides is 2. The van der Waals surface area contributed by atoms with Crippen LogP contribution in [-0.4, -0.2) is 30.0 Å². The predicted octanol–water partition coefficient (Wildman–Crippen LogP) is 4.22. The Morgan fingerprint density at radius 2 is 1.12 bits per heavy atom. The van der Waals surface area contributed by atoms with Crippen LogP contribution in [0.1, 0.15) is 13.8 Å². The third-order valence-corrected chi connectivity index (χ3v) is 7.11. The van der Waals surface area contributed by atoms with Gasteiger partial charge in [-0.05, 0) is 74.5 Å². The van der Waals surface area contributed by atoms with Crippen LogP contribution < -0.4 is 18.9 Å². The van der Waals surface area contributed by atoms with Crippen LogP contribution in [-0.2, 0) is 20.0 Å². The molecule has 0 saturated carbocycles. The Kier molecular flexibility index (Phi) is 7.44. The number of halogens is 1. The second-order valence-corrected chi connectivity index (χ2v) is 10.1. The van der Waals surface area contributed by atoms with Crippen molar-refractivity contribution in [3.8, 4) is 11.5 Å². The van der Waals surface area contributed by atoms with Crippen LogP contribution in [0.25, 0.3) is 0 Å². The van der Waals surface area contributed by atoms with Crippen molar-refractivity contribution in [3.63, 3.8) is 0 Å². The minimum atomic E-state index is -3.97. The lowest BCUT2D eigenvalue weighted by atomic mass is 10.3. The van der Waals surface area contributed by atoms with Gasteiger partial charge in [0.15, 0.2) is 11.5 Å². The Morgan fingerprint density at radius 1 is 0.667 bits per heavy atom. The number of rotatable bonds is 10. The molecule has 3 rings (SSSR count). The van der Waals surface area contributed by atoms with E-state index in [9.17, 15) is 21.2 Å². The van der Waals surface area contributed by atoms with Crippen molar-refractivity contribution in [1.29, 1.82) is 0 Å². The van der Waals surface area contributed by atoms with Gasteiger partial charge in [0.25, 0.3) is 20.0 Å². The molecule has 11 heteroatoms. The van der Waals surface area contributed by atoms with E-state index in [1.807, 2.05) is 0 Å². The molecule has 3 aromatic carbocycles. The molecule has 0 heterocycles. The smallest absolute Gasteiger partial charge is 0.262 e. The molecule has 0 aromatic heterocycles. The van der Waals surface area contributed by atoms with Crippen LogP contribution >= 0.6 is 0 Å². The molecule has 0 aliphatic carbocycles. The Hall–Kier alpha value is -3.31. The van der Waals surface area contributed by atoms with E-state index in [0.717, 1.165) is 12.1 Å². The summed E-state index contributed by atoms with van der Waals surface area (Å²) in [6.07, 6.45) is 0. The van der Waals surface area contributed by atoms with E-state index >= 15 is 0 Å². The summed E-state index contributed by atoms with van der Waals surface area (Å²) in [6.45, 7) is 4.31. The van der Waals surface area contributed by atoms with Crippen molar-refractivity contribution in [2.24, 2.45) is 0 Å². The van der Waals surface area contributed by atoms with Gasteiger partial charge in [0, 0.05) is 17.4 Å². The fourth-order valence-corrected chi connectivity index (χ4v) is 4.98. The van der Waals surface area contributed by atoms with Gasteiger partial charge in [0.2, 0.25) is 0 Å². The normalized spacial score (nSPS) is 11.6. The first-order chi connectivity index (χ1) is 15.6. The highest BCUT2D eigenvalue weighted by Gasteiger charge is 2.19. The molecule has 0 atom stereocenters. The average molecular weight is 495 g/mol. The first kappa shape index (κ1) is 24.3. The molecule has 0 fully saturated rings. The molecular formula is C22H23FN2O6S2. The minimum absolute atomic E-state index is 0.0379. The Bertz CT molecular complexity index is 1310. The highest BCUT2D eigenvalue weighted by atomic mass is 32.2. The maximum atomic E-state index is 13.0. The van der Waals surface area contributed by atoms with Gasteiger partial charge in [-0.25, -0.2) is 21.2 Å². The fraction of sp³-hybridized carbons (Fsp3) is 0.182. The monoisotopic (exact) mass is 494 g/mol. The highest BCUT2D eigenvalue weighted by Crippen LogP contribution is 2.31. The van der Waals surface area contributed by atoms with E-state index in [1.165, 1.54) is 54.6 Å². The van der Waals surface area contributed by atoms with Gasteiger partial charge in [0.05, 0.1) is 23.0 Å². The van der Waals surface area contributed by atoms with Crippen molar-refractivity contribution >= 4 is 31.4 Å². The molecule has 0 saturated heterocycles. The summed E-state index contributed by atoms with van der Waals surface area (Å²) in [5.41, 5.74) is 0.365. The Labute approximate surface area is 192 Å². The maximum absolute atomic E-state index is 13.0. The summed E-state index contributed by atoms with van der Waals surface area (Å²) >= 11 is 0. The lowest BCUT2D eigenvalue weighted by Gasteiger charge is -2.14. The summed E-state index contributed by atoms with van der Waals surface area (Å²) in [4.78, 5) is -0.126. The van der Waals surface area contributed by atoms with Crippen LogP contribution in [0, 0.1) is 5.82 Å². The molecule has 0 aliphatic heterocycles. The predicted molar refractivity (Wildman–Crippen MR) is 123 cm³/mol. The van der Waals surface area contributed by atoms with Crippen LogP contribution in [0.3, 0.4) is 0 Å². The molecular weight excluding hydrogens is 471 g/mol. The molecule has 0 bridgehead atoms. The summed E-state index contributed by atoms with van der Waals surface area (Å²) in [5.74, 6) is 0.243. The van der Waals surface area contributed by atoms with E-state index < -0.39 is 25.9 Å². The van der Waals surface area contributed by atoms with E-state index in [1.54, 1.807) is 13.8 Å². The molecule has 0 radical (unpaired) electrons. The van der Waals surface area contributed by atoms with Crippen LogP contribution in [0.15, 0.2) is 76.5 Å². The van der Waals surface area contributed by atoms with Crippen LogP contribution in [0.2, 0.25) is 0 Å². The molecule has 3 aromatic rings. The SMILES string of the molecule is CCOc1ccc(S(=O)(=O)Nc2ccc(S(=O)(=O)Nc3ccc(F)cc3)cc2)cc1OCC. The first-order valence-electron chi connectivity index (χ1n) is 9.95. The van der Waals surface area contributed by atoms with Gasteiger partial charge in [0.1, 0.15) is 5.82 Å². The topological polar surface area (TPSA) is 111 Å². The van der Waals surface area contributed by atoms with E-state index in [4.69, 9.17) is 9.47 Å². The molecule has 176 valence electrons. The number of hydrogen-bond donors (Lipinski definition) is 2. The summed E-state index contributed by atoms with van der Waals surface area (Å²) in [5, 5.41) is 0. The quantitative estimate of drug-likeness (QED) is 0.437. The van der Waals surface area contributed by atoms with Gasteiger partial charge >= 0.3 is 0 Å². The molecule has 0 amide bonds.